The Morgan fingerprint density at radius 3 is 2.65 bits per heavy atom. The molecule has 1 heterocycles. The molecule has 4 nitrogen and oxygen atoms in total. The van der Waals surface area contributed by atoms with Crippen LogP contribution in [0.2, 0.25) is 0 Å². The Balaban J connectivity index is 1.58. The molecule has 1 atom stereocenters. The first kappa shape index (κ1) is 15.8. The molecule has 0 aromatic rings. The molecule has 1 aliphatic heterocycles. The van der Waals surface area contributed by atoms with Crippen molar-refractivity contribution >= 4 is 5.91 Å². The number of carbonyl (C=O) groups is 1. The summed E-state index contributed by atoms with van der Waals surface area (Å²) in [5, 5.41) is 3.38. The van der Waals surface area contributed by atoms with Crippen molar-refractivity contribution in [2.24, 2.45) is 17.8 Å². The largest absolute Gasteiger partial charge is 0.379 e. The van der Waals surface area contributed by atoms with E-state index < -0.39 is 0 Å². The number of likely N-dealkylation sites (N-methyl/N-ethyl adjacent to an activating group) is 1. The van der Waals surface area contributed by atoms with E-state index in [9.17, 15) is 4.79 Å². The van der Waals surface area contributed by atoms with Gasteiger partial charge in [-0.05, 0) is 56.5 Å². The minimum absolute atomic E-state index is 0.269. The van der Waals surface area contributed by atoms with E-state index in [0.717, 1.165) is 32.2 Å². The maximum absolute atomic E-state index is 12.2. The van der Waals surface area contributed by atoms with Gasteiger partial charge in [-0.25, -0.2) is 0 Å². The first-order valence-electron chi connectivity index (χ1n) is 8.19. The van der Waals surface area contributed by atoms with Crippen molar-refractivity contribution in [1.29, 1.82) is 0 Å². The van der Waals surface area contributed by atoms with E-state index in [1.54, 1.807) is 0 Å². The Kier molecular flexibility index (Phi) is 6.30. The summed E-state index contributed by atoms with van der Waals surface area (Å²) < 4.78 is 5.60. The fourth-order valence-corrected chi connectivity index (χ4v) is 2.87. The lowest BCUT2D eigenvalue weighted by atomic mass is 9.84. The maximum atomic E-state index is 12.2. The minimum Gasteiger partial charge on any atom is -0.379 e. The van der Waals surface area contributed by atoms with Gasteiger partial charge in [-0.1, -0.05) is 6.92 Å². The molecule has 1 saturated carbocycles. The van der Waals surface area contributed by atoms with Gasteiger partial charge in [0.2, 0.25) is 5.91 Å². The lowest BCUT2D eigenvalue weighted by Crippen LogP contribution is -2.35. The van der Waals surface area contributed by atoms with E-state index in [0.29, 0.717) is 24.9 Å². The summed E-state index contributed by atoms with van der Waals surface area (Å²) in [6.45, 7) is 6.73. The van der Waals surface area contributed by atoms with Crippen LogP contribution in [0, 0.1) is 17.8 Å². The molecule has 1 unspecified atom stereocenters. The minimum atomic E-state index is 0.269. The topological polar surface area (TPSA) is 41.6 Å². The summed E-state index contributed by atoms with van der Waals surface area (Å²) in [7, 11) is 1.90. The molecular weight excluding hydrogens is 252 g/mol. The molecule has 2 fully saturated rings. The Hall–Kier alpha value is -0.610. The van der Waals surface area contributed by atoms with Crippen LogP contribution >= 0.6 is 0 Å². The Labute approximate surface area is 123 Å². The van der Waals surface area contributed by atoms with Gasteiger partial charge in [-0.15, -0.1) is 0 Å². The molecule has 20 heavy (non-hydrogen) atoms. The zero-order valence-electron chi connectivity index (χ0n) is 13.1. The Bertz CT molecular complexity index is 299. The summed E-state index contributed by atoms with van der Waals surface area (Å²) in [6, 6.07) is 0. The number of nitrogens with one attached hydrogen (secondary N) is 1. The smallest absolute Gasteiger partial charge is 0.222 e. The predicted octanol–water partition coefficient (Wildman–Crippen LogP) is 1.90. The van der Waals surface area contributed by atoms with Crippen LogP contribution in [0.3, 0.4) is 0 Å². The number of piperidine rings is 1. The summed E-state index contributed by atoms with van der Waals surface area (Å²) in [6.07, 6.45) is 5.75. The van der Waals surface area contributed by atoms with E-state index in [1.165, 1.54) is 25.7 Å². The number of carbonyl (C=O) groups excluding carboxylic acids is 1. The number of ether oxygens (including phenoxy) is 1. The second-order valence-electron chi connectivity index (χ2n) is 6.60. The average molecular weight is 282 g/mol. The molecule has 1 amide bonds. The lowest BCUT2D eigenvalue weighted by molar-refractivity contribution is -0.132. The van der Waals surface area contributed by atoms with Crippen LogP contribution in [0.4, 0.5) is 0 Å². The van der Waals surface area contributed by atoms with Crippen LogP contribution in [0.25, 0.3) is 0 Å². The summed E-state index contributed by atoms with van der Waals surface area (Å²) >= 11 is 0. The molecule has 0 bridgehead atoms. The second-order valence-corrected chi connectivity index (χ2v) is 6.60. The van der Waals surface area contributed by atoms with E-state index in [2.05, 4.69) is 12.2 Å². The van der Waals surface area contributed by atoms with E-state index in [4.69, 9.17) is 4.74 Å². The fourth-order valence-electron chi connectivity index (χ4n) is 2.87. The van der Waals surface area contributed by atoms with Gasteiger partial charge in [0.25, 0.3) is 0 Å². The van der Waals surface area contributed by atoms with Crippen molar-refractivity contribution in [2.75, 3.05) is 39.9 Å². The molecule has 4 heteroatoms. The number of amides is 1. The monoisotopic (exact) mass is 282 g/mol. The zero-order valence-corrected chi connectivity index (χ0v) is 13.1. The lowest BCUT2D eigenvalue weighted by Gasteiger charge is -2.29. The van der Waals surface area contributed by atoms with Crippen LogP contribution in [-0.2, 0) is 9.53 Å². The Morgan fingerprint density at radius 1 is 1.30 bits per heavy atom. The Morgan fingerprint density at radius 2 is 2.00 bits per heavy atom. The predicted molar refractivity (Wildman–Crippen MR) is 80.6 cm³/mol. The van der Waals surface area contributed by atoms with E-state index in [1.807, 2.05) is 11.9 Å². The van der Waals surface area contributed by atoms with Crippen molar-refractivity contribution in [3.8, 4) is 0 Å². The molecule has 2 rings (SSSR count). The van der Waals surface area contributed by atoms with Gasteiger partial charge in [0.05, 0.1) is 6.61 Å². The quantitative estimate of drug-likeness (QED) is 0.691. The van der Waals surface area contributed by atoms with Crippen LogP contribution < -0.4 is 5.32 Å². The summed E-state index contributed by atoms with van der Waals surface area (Å²) in [5.74, 6) is 2.28. The highest BCUT2D eigenvalue weighted by molar-refractivity contribution is 5.76. The highest BCUT2D eigenvalue weighted by atomic mass is 16.5. The molecule has 0 aromatic carbocycles. The highest BCUT2D eigenvalue weighted by Gasteiger charge is 2.23. The molecule has 0 spiro atoms. The summed E-state index contributed by atoms with van der Waals surface area (Å²) in [5.41, 5.74) is 0. The van der Waals surface area contributed by atoms with Gasteiger partial charge in [0.1, 0.15) is 0 Å². The van der Waals surface area contributed by atoms with Crippen LogP contribution in [0.15, 0.2) is 0 Å². The number of nitrogens with zero attached hydrogens (tertiary/aromatic N) is 1. The average Bonchev–Trinajstić information content (AvgIpc) is 3.28. The maximum Gasteiger partial charge on any atom is 0.222 e. The van der Waals surface area contributed by atoms with Crippen molar-refractivity contribution in [3.63, 3.8) is 0 Å². The van der Waals surface area contributed by atoms with Crippen molar-refractivity contribution in [2.45, 2.75) is 39.0 Å². The number of hydrogen-bond acceptors (Lipinski definition) is 3. The van der Waals surface area contributed by atoms with Gasteiger partial charge >= 0.3 is 0 Å². The molecule has 1 N–H and O–H groups in total. The molecular formula is C16H30N2O2. The second kappa shape index (κ2) is 7.99. The third-order valence-electron chi connectivity index (χ3n) is 4.73. The van der Waals surface area contributed by atoms with E-state index in [-0.39, 0.29) is 5.91 Å². The normalized spacial score (nSPS) is 21.7. The van der Waals surface area contributed by atoms with Crippen molar-refractivity contribution < 1.29 is 9.53 Å². The van der Waals surface area contributed by atoms with Gasteiger partial charge in [-0.2, -0.15) is 0 Å². The van der Waals surface area contributed by atoms with Gasteiger partial charge < -0.3 is 15.0 Å². The van der Waals surface area contributed by atoms with Gasteiger partial charge in [0, 0.05) is 26.6 Å². The highest BCUT2D eigenvalue weighted by Crippen LogP contribution is 2.28. The van der Waals surface area contributed by atoms with Crippen LogP contribution in [-0.4, -0.2) is 50.7 Å². The number of rotatable bonds is 8. The molecule has 1 saturated heterocycles. The molecule has 0 radical (unpaired) electrons. The SMILES string of the molecule is CC(CC(=O)N(C)CCOCC1CC1)C1CCNCC1. The van der Waals surface area contributed by atoms with Gasteiger partial charge in [-0.3, -0.25) is 4.79 Å². The fraction of sp³-hybridized carbons (Fsp3) is 0.938. The first-order chi connectivity index (χ1) is 9.66. The third-order valence-corrected chi connectivity index (χ3v) is 4.73. The number of hydrogen-bond donors (Lipinski definition) is 1. The molecule has 0 aromatic heterocycles. The standard InChI is InChI=1S/C16H30N2O2/c1-13(15-5-7-17-8-6-15)11-16(19)18(2)9-10-20-12-14-3-4-14/h13-15,17H,3-12H2,1-2H3. The molecule has 2 aliphatic rings. The van der Waals surface area contributed by atoms with Crippen molar-refractivity contribution in [1.82, 2.24) is 10.2 Å². The zero-order chi connectivity index (χ0) is 14.4. The molecule has 1 aliphatic carbocycles. The summed E-state index contributed by atoms with van der Waals surface area (Å²) in [4.78, 5) is 14.0. The van der Waals surface area contributed by atoms with Crippen LogP contribution in [0.5, 0.6) is 0 Å². The van der Waals surface area contributed by atoms with Gasteiger partial charge in [0.15, 0.2) is 0 Å². The van der Waals surface area contributed by atoms with Crippen LogP contribution in [0.1, 0.15) is 39.0 Å². The van der Waals surface area contributed by atoms with Crippen molar-refractivity contribution in [3.05, 3.63) is 0 Å². The van der Waals surface area contributed by atoms with E-state index >= 15 is 0 Å². The third kappa shape index (κ3) is 5.41. The molecule has 116 valence electrons. The first-order valence-corrected chi connectivity index (χ1v) is 8.19.